The van der Waals surface area contributed by atoms with Crippen molar-refractivity contribution in [3.05, 3.63) is 23.8 Å². The summed E-state index contributed by atoms with van der Waals surface area (Å²) < 4.78 is 0. The molecule has 0 spiro atoms. The second kappa shape index (κ2) is 8.49. The van der Waals surface area contributed by atoms with E-state index in [2.05, 4.69) is 11.4 Å². The lowest BCUT2D eigenvalue weighted by atomic mass is 10.1. The van der Waals surface area contributed by atoms with Crippen molar-refractivity contribution in [1.29, 1.82) is 5.26 Å². The number of hydrogen-bond acceptors (Lipinski definition) is 4. The minimum atomic E-state index is -0.825. The molecule has 0 radical (unpaired) electrons. The van der Waals surface area contributed by atoms with Crippen LogP contribution in [0.2, 0.25) is 0 Å². The standard InChI is InChI=1S/C15H20N2O2S/c1-3-6-11(9-15(18)19)17-13-7-5-8-14(20-4-2)12(13)10-16/h5,7-8,11,17H,3-4,6,9H2,1-2H3,(H,18,19). The van der Waals surface area contributed by atoms with Gasteiger partial charge in [-0.05, 0) is 24.3 Å². The van der Waals surface area contributed by atoms with Crippen LogP contribution in [0.3, 0.4) is 0 Å². The van der Waals surface area contributed by atoms with Gasteiger partial charge in [-0.25, -0.2) is 0 Å². The second-order valence-electron chi connectivity index (χ2n) is 4.45. The van der Waals surface area contributed by atoms with Crippen molar-refractivity contribution >= 4 is 23.4 Å². The van der Waals surface area contributed by atoms with Crippen molar-refractivity contribution < 1.29 is 9.90 Å². The van der Waals surface area contributed by atoms with E-state index in [-0.39, 0.29) is 12.5 Å². The molecule has 20 heavy (non-hydrogen) atoms. The SMILES string of the molecule is CCCC(CC(=O)O)Nc1cccc(SCC)c1C#N. The summed E-state index contributed by atoms with van der Waals surface area (Å²) in [6.45, 7) is 4.06. The first-order valence-electron chi connectivity index (χ1n) is 6.76. The maximum atomic E-state index is 10.9. The number of hydrogen-bond donors (Lipinski definition) is 2. The molecule has 0 heterocycles. The van der Waals surface area contributed by atoms with E-state index >= 15 is 0 Å². The third-order valence-corrected chi connectivity index (χ3v) is 3.80. The zero-order valence-electron chi connectivity index (χ0n) is 11.8. The van der Waals surface area contributed by atoms with Crippen LogP contribution in [0.15, 0.2) is 23.1 Å². The maximum absolute atomic E-state index is 10.9. The van der Waals surface area contributed by atoms with Gasteiger partial charge in [0.1, 0.15) is 6.07 Å². The number of anilines is 1. The van der Waals surface area contributed by atoms with E-state index < -0.39 is 5.97 Å². The summed E-state index contributed by atoms with van der Waals surface area (Å²) >= 11 is 1.62. The van der Waals surface area contributed by atoms with Gasteiger partial charge in [-0.3, -0.25) is 4.79 Å². The van der Waals surface area contributed by atoms with Crippen molar-refractivity contribution in [3.8, 4) is 6.07 Å². The average molecular weight is 292 g/mol. The smallest absolute Gasteiger partial charge is 0.305 e. The zero-order chi connectivity index (χ0) is 15.0. The Morgan fingerprint density at radius 1 is 1.50 bits per heavy atom. The number of nitrogens with one attached hydrogen (secondary N) is 1. The highest BCUT2D eigenvalue weighted by molar-refractivity contribution is 7.99. The Kier molecular flexibility index (Phi) is 6.96. The molecule has 1 aromatic rings. The minimum absolute atomic E-state index is 0.0594. The van der Waals surface area contributed by atoms with E-state index in [9.17, 15) is 10.1 Å². The molecule has 1 rings (SSSR count). The summed E-state index contributed by atoms with van der Waals surface area (Å²) in [6, 6.07) is 7.72. The molecule has 1 unspecified atom stereocenters. The molecule has 0 aliphatic heterocycles. The predicted molar refractivity (Wildman–Crippen MR) is 82.1 cm³/mol. The molecular formula is C15H20N2O2S. The summed E-state index contributed by atoms with van der Waals surface area (Å²) in [5.41, 5.74) is 1.33. The lowest BCUT2D eigenvalue weighted by Gasteiger charge is -2.19. The van der Waals surface area contributed by atoms with Crippen LogP contribution in [0, 0.1) is 11.3 Å². The fourth-order valence-electron chi connectivity index (χ4n) is 2.05. The van der Waals surface area contributed by atoms with Gasteiger partial charge in [0.15, 0.2) is 0 Å². The highest BCUT2D eigenvalue weighted by Gasteiger charge is 2.15. The fourth-order valence-corrected chi connectivity index (χ4v) is 2.83. The van der Waals surface area contributed by atoms with Crippen LogP contribution in [0.5, 0.6) is 0 Å². The van der Waals surface area contributed by atoms with Crippen LogP contribution in [-0.4, -0.2) is 22.9 Å². The van der Waals surface area contributed by atoms with E-state index in [1.807, 2.05) is 32.0 Å². The Bertz CT molecular complexity index is 497. The number of carboxylic acids is 1. The van der Waals surface area contributed by atoms with Crippen molar-refractivity contribution in [1.82, 2.24) is 0 Å². The first-order valence-corrected chi connectivity index (χ1v) is 7.75. The summed E-state index contributed by atoms with van der Waals surface area (Å²) in [7, 11) is 0. The number of nitriles is 1. The molecule has 0 aliphatic carbocycles. The molecule has 0 saturated heterocycles. The van der Waals surface area contributed by atoms with Gasteiger partial charge in [0.05, 0.1) is 17.7 Å². The quantitative estimate of drug-likeness (QED) is 0.714. The molecule has 0 aliphatic rings. The highest BCUT2D eigenvalue weighted by atomic mass is 32.2. The van der Waals surface area contributed by atoms with Crippen molar-refractivity contribution in [2.45, 2.75) is 44.0 Å². The lowest BCUT2D eigenvalue weighted by Crippen LogP contribution is -2.23. The molecule has 1 aromatic carbocycles. The van der Waals surface area contributed by atoms with Gasteiger partial charge >= 0.3 is 5.97 Å². The van der Waals surface area contributed by atoms with Crippen LogP contribution < -0.4 is 5.32 Å². The van der Waals surface area contributed by atoms with E-state index in [1.165, 1.54) is 0 Å². The van der Waals surface area contributed by atoms with Gasteiger partial charge in [0.2, 0.25) is 0 Å². The van der Waals surface area contributed by atoms with Gasteiger partial charge < -0.3 is 10.4 Å². The van der Waals surface area contributed by atoms with Crippen LogP contribution in [0.25, 0.3) is 0 Å². The molecule has 0 bridgehead atoms. The third kappa shape index (κ3) is 4.78. The van der Waals surface area contributed by atoms with E-state index in [4.69, 9.17) is 5.11 Å². The topological polar surface area (TPSA) is 73.1 Å². The second-order valence-corrected chi connectivity index (χ2v) is 5.76. The molecule has 5 heteroatoms. The van der Waals surface area contributed by atoms with Gasteiger partial charge in [0, 0.05) is 10.9 Å². The molecule has 0 saturated carbocycles. The molecule has 0 aromatic heterocycles. The normalized spacial score (nSPS) is 11.7. The van der Waals surface area contributed by atoms with Crippen LogP contribution in [-0.2, 0) is 4.79 Å². The average Bonchev–Trinajstić information content (AvgIpc) is 2.39. The van der Waals surface area contributed by atoms with Crippen molar-refractivity contribution in [2.75, 3.05) is 11.1 Å². The van der Waals surface area contributed by atoms with Gasteiger partial charge in [-0.2, -0.15) is 5.26 Å². The number of carboxylic acid groups (broad SMARTS) is 1. The first kappa shape index (κ1) is 16.4. The molecular weight excluding hydrogens is 272 g/mol. The Balaban J connectivity index is 2.97. The molecule has 108 valence electrons. The molecule has 4 nitrogen and oxygen atoms in total. The summed E-state index contributed by atoms with van der Waals surface area (Å²) in [5.74, 6) is 0.0691. The lowest BCUT2D eigenvalue weighted by molar-refractivity contribution is -0.137. The number of carbonyl (C=O) groups is 1. The Morgan fingerprint density at radius 3 is 2.80 bits per heavy atom. The number of thioether (sulfide) groups is 1. The Hall–Kier alpha value is -1.67. The van der Waals surface area contributed by atoms with Gasteiger partial charge in [-0.15, -0.1) is 11.8 Å². The third-order valence-electron chi connectivity index (χ3n) is 2.86. The highest BCUT2D eigenvalue weighted by Crippen LogP contribution is 2.28. The van der Waals surface area contributed by atoms with E-state index in [0.29, 0.717) is 5.56 Å². The van der Waals surface area contributed by atoms with Crippen molar-refractivity contribution in [2.24, 2.45) is 0 Å². The largest absolute Gasteiger partial charge is 0.481 e. The summed E-state index contributed by atoms with van der Waals surface area (Å²) in [4.78, 5) is 11.8. The van der Waals surface area contributed by atoms with Crippen LogP contribution in [0.4, 0.5) is 5.69 Å². The maximum Gasteiger partial charge on any atom is 0.305 e. The number of benzene rings is 1. The predicted octanol–water partition coefficient (Wildman–Crippen LogP) is 3.73. The summed E-state index contributed by atoms with van der Waals surface area (Å²) in [5, 5.41) is 21.5. The fraction of sp³-hybridized carbons (Fsp3) is 0.467. The summed E-state index contributed by atoms with van der Waals surface area (Å²) in [6.07, 6.45) is 1.72. The number of rotatable bonds is 8. The molecule has 1 atom stereocenters. The van der Waals surface area contributed by atoms with Crippen LogP contribution >= 0.6 is 11.8 Å². The van der Waals surface area contributed by atoms with Gasteiger partial charge in [0.25, 0.3) is 0 Å². The van der Waals surface area contributed by atoms with E-state index in [0.717, 1.165) is 29.2 Å². The molecule has 2 N–H and O–H groups in total. The first-order chi connectivity index (χ1) is 9.62. The van der Waals surface area contributed by atoms with Crippen molar-refractivity contribution in [3.63, 3.8) is 0 Å². The number of nitrogens with zero attached hydrogens (tertiary/aromatic N) is 1. The zero-order valence-corrected chi connectivity index (χ0v) is 12.7. The molecule has 0 fully saturated rings. The number of aliphatic carboxylic acids is 1. The minimum Gasteiger partial charge on any atom is -0.481 e. The Labute approximate surface area is 124 Å². The van der Waals surface area contributed by atoms with Gasteiger partial charge in [-0.1, -0.05) is 26.3 Å². The van der Waals surface area contributed by atoms with E-state index in [1.54, 1.807) is 11.8 Å². The molecule has 0 amide bonds. The van der Waals surface area contributed by atoms with Crippen LogP contribution in [0.1, 0.15) is 38.7 Å². The Morgan fingerprint density at radius 2 is 2.25 bits per heavy atom. The monoisotopic (exact) mass is 292 g/mol.